The number of benzene rings is 3. The Morgan fingerprint density at radius 3 is 2.67 bits per heavy atom. The lowest BCUT2D eigenvalue weighted by Crippen LogP contribution is -2.48. The summed E-state index contributed by atoms with van der Waals surface area (Å²) in [5.74, 6) is 6.10. The molecular weight excluding hydrogens is 448 g/mol. The van der Waals surface area contributed by atoms with Crippen LogP contribution < -0.4 is 11.2 Å². The lowest BCUT2D eigenvalue weighted by atomic mass is 9.73. The molecule has 3 N–H and O–H groups in total. The summed E-state index contributed by atoms with van der Waals surface area (Å²) in [6, 6.07) is 23.2. The zero-order valence-corrected chi connectivity index (χ0v) is 19.8. The van der Waals surface area contributed by atoms with Crippen molar-refractivity contribution >= 4 is 33.4 Å². The maximum atomic E-state index is 13.0. The number of fused-ring (bicyclic) bond motifs is 4. The van der Waals surface area contributed by atoms with E-state index in [1.54, 1.807) is 0 Å². The van der Waals surface area contributed by atoms with Crippen LogP contribution in [0.5, 0.6) is 0 Å². The molecule has 1 saturated heterocycles. The number of hydrogen-bond acceptors (Lipinski definition) is 5. The van der Waals surface area contributed by atoms with Gasteiger partial charge in [0.2, 0.25) is 5.91 Å². The molecule has 0 unspecified atom stereocenters. The van der Waals surface area contributed by atoms with Gasteiger partial charge in [-0.05, 0) is 71.5 Å². The van der Waals surface area contributed by atoms with Crippen LogP contribution in [0.4, 0.5) is 5.69 Å². The Balaban J connectivity index is 1.25. The van der Waals surface area contributed by atoms with Gasteiger partial charge in [-0.15, -0.1) is 0 Å². The first-order valence-corrected chi connectivity index (χ1v) is 12.3. The smallest absolute Gasteiger partial charge is 0.235 e. The monoisotopic (exact) mass is 474 g/mol. The lowest BCUT2D eigenvalue weighted by Gasteiger charge is -2.35. The molecule has 1 fully saturated rings. The van der Waals surface area contributed by atoms with E-state index in [0.29, 0.717) is 19.6 Å². The van der Waals surface area contributed by atoms with Gasteiger partial charge < -0.3 is 5.32 Å². The Bertz CT molecular complexity index is 1650. The molecule has 0 radical (unpaired) electrons. The molecule has 7 heteroatoms. The lowest BCUT2D eigenvalue weighted by molar-refractivity contribution is -0.122. The highest BCUT2D eigenvalue weighted by Crippen LogP contribution is 2.46. The van der Waals surface area contributed by atoms with Crippen LogP contribution in [0.15, 0.2) is 79.1 Å². The number of hydrazine groups is 1. The largest absolute Gasteiger partial charge is 0.325 e. The highest BCUT2D eigenvalue weighted by Gasteiger charge is 2.48. The van der Waals surface area contributed by atoms with Gasteiger partial charge in [-0.1, -0.05) is 30.3 Å². The van der Waals surface area contributed by atoms with Crippen molar-refractivity contribution in [3.63, 3.8) is 0 Å². The average Bonchev–Trinajstić information content (AvgIpc) is 3.43. The topological polar surface area (TPSA) is 89.1 Å². The van der Waals surface area contributed by atoms with Gasteiger partial charge in [0.15, 0.2) is 0 Å². The van der Waals surface area contributed by atoms with E-state index in [0.717, 1.165) is 57.0 Å². The molecule has 2 aliphatic heterocycles. The molecule has 7 nitrogen and oxygen atoms in total. The van der Waals surface area contributed by atoms with Gasteiger partial charge in [0.05, 0.1) is 29.2 Å². The predicted molar refractivity (Wildman–Crippen MR) is 141 cm³/mol. The van der Waals surface area contributed by atoms with E-state index >= 15 is 0 Å². The second-order valence-corrected chi connectivity index (χ2v) is 9.94. The number of nitrogens with zero attached hydrogens (tertiary/aromatic N) is 4. The Morgan fingerprint density at radius 1 is 0.944 bits per heavy atom. The van der Waals surface area contributed by atoms with E-state index in [2.05, 4.69) is 70.0 Å². The Kier molecular flexibility index (Phi) is 4.71. The number of nitrogens with two attached hydrogens (primary N) is 1. The van der Waals surface area contributed by atoms with Gasteiger partial charge in [-0.2, -0.15) is 5.10 Å². The van der Waals surface area contributed by atoms with E-state index in [1.807, 2.05) is 34.2 Å². The summed E-state index contributed by atoms with van der Waals surface area (Å²) in [6.07, 6.45) is 5.21. The van der Waals surface area contributed by atoms with E-state index < -0.39 is 5.41 Å². The molecule has 1 spiro atoms. The number of aromatic nitrogens is 3. The van der Waals surface area contributed by atoms with Crippen LogP contribution in [0.1, 0.15) is 24.0 Å². The van der Waals surface area contributed by atoms with Crippen molar-refractivity contribution in [3.05, 3.63) is 90.3 Å². The molecular formula is C29H26N6O. The van der Waals surface area contributed by atoms with E-state index in [9.17, 15) is 4.79 Å². The summed E-state index contributed by atoms with van der Waals surface area (Å²) < 4.78 is 2.05. The quantitative estimate of drug-likeness (QED) is 0.377. The fraction of sp³-hybridized carbons (Fsp3) is 0.207. The molecule has 0 bridgehead atoms. The van der Waals surface area contributed by atoms with Crippen molar-refractivity contribution in [2.24, 2.45) is 5.84 Å². The van der Waals surface area contributed by atoms with Crippen molar-refractivity contribution in [1.82, 2.24) is 19.8 Å². The second-order valence-electron chi connectivity index (χ2n) is 9.94. The zero-order valence-electron chi connectivity index (χ0n) is 19.8. The predicted octanol–water partition coefficient (Wildman–Crippen LogP) is 4.46. The summed E-state index contributed by atoms with van der Waals surface area (Å²) in [5.41, 5.74) is 7.00. The third-order valence-electron chi connectivity index (χ3n) is 7.85. The zero-order chi connectivity index (χ0) is 24.3. The van der Waals surface area contributed by atoms with Crippen LogP contribution in [-0.4, -0.2) is 38.8 Å². The highest BCUT2D eigenvalue weighted by atomic mass is 16.2. The SMILES string of the molecule is NN1CCC2(CC1)C(=O)Nc1ccc(-c3ccc4cnn(Cc5ccc6ncccc6c5)c4c3)cc12. The first kappa shape index (κ1) is 21.2. The van der Waals surface area contributed by atoms with Crippen molar-refractivity contribution in [3.8, 4) is 11.1 Å². The Labute approximate surface area is 208 Å². The van der Waals surface area contributed by atoms with E-state index in [1.165, 1.54) is 5.56 Å². The first-order chi connectivity index (χ1) is 17.6. The molecule has 0 saturated carbocycles. The molecule has 2 aliphatic rings. The summed E-state index contributed by atoms with van der Waals surface area (Å²) in [7, 11) is 0. The molecule has 5 aromatic rings. The number of carbonyl (C=O) groups is 1. The van der Waals surface area contributed by atoms with Crippen LogP contribution in [0.25, 0.3) is 32.9 Å². The van der Waals surface area contributed by atoms with Crippen molar-refractivity contribution < 1.29 is 4.79 Å². The molecule has 0 aliphatic carbocycles. The molecule has 4 heterocycles. The summed E-state index contributed by atoms with van der Waals surface area (Å²) in [5, 5.41) is 11.8. The van der Waals surface area contributed by atoms with E-state index in [-0.39, 0.29) is 5.91 Å². The molecule has 178 valence electrons. The highest BCUT2D eigenvalue weighted by molar-refractivity contribution is 6.07. The number of rotatable bonds is 3. The molecule has 36 heavy (non-hydrogen) atoms. The summed E-state index contributed by atoms with van der Waals surface area (Å²) in [6.45, 7) is 2.11. The molecule has 7 rings (SSSR count). The minimum absolute atomic E-state index is 0.0989. The van der Waals surface area contributed by atoms with Gasteiger partial charge >= 0.3 is 0 Å². The van der Waals surface area contributed by atoms with Crippen LogP contribution >= 0.6 is 0 Å². The Hall–Kier alpha value is -4.07. The standard InChI is InChI=1S/C29H26N6O/c30-34-12-9-29(10-13-34)24-15-20(6-8-26(24)33-28(29)36)21-4-5-23-17-32-35(27(23)16-21)18-19-3-7-25-22(14-19)2-1-11-31-25/h1-8,11,14-17H,9-10,12-13,18,30H2,(H,33,36). The molecule has 3 aromatic carbocycles. The minimum Gasteiger partial charge on any atom is -0.325 e. The number of anilines is 1. The van der Waals surface area contributed by atoms with Gasteiger partial charge in [0.25, 0.3) is 0 Å². The van der Waals surface area contributed by atoms with Gasteiger partial charge in [-0.25, -0.2) is 5.01 Å². The Morgan fingerprint density at radius 2 is 1.78 bits per heavy atom. The number of hydrogen-bond donors (Lipinski definition) is 2. The van der Waals surface area contributed by atoms with Crippen molar-refractivity contribution in [2.45, 2.75) is 24.8 Å². The fourth-order valence-corrected chi connectivity index (χ4v) is 5.77. The number of piperidine rings is 1. The third-order valence-corrected chi connectivity index (χ3v) is 7.85. The number of nitrogens with one attached hydrogen (secondary N) is 1. The molecule has 0 atom stereocenters. The summed E-state index contributed by atoms with van der Waals surface area (Å²) in [4.78, 5) is 17.4. The molecule has 1 amide bonds. The third kappa shape index (κ3) is 3.31. The summed E-state index contributed by atoms with van der Waals surface area (Å²) >= 11 is 0. The minimum atomic E-state index is -0.488. The van der Waals surface area contributed by atoms with Crippen LogP contribution in [0, 0.1) is 0 Å². The van der Waals surface area contributed by atoms with Crippen LogP contribution in [0.3, 0.4) is 0 Å². The first-order valence-electron chi connectivity index (χ1n) is 12.3. The maximum absolute atomic E-state index is 13.0. The van der Waals surface area contributed by atoms with Crippen molar-refractivity contribution in [1.29, 1.82) is 0 Å². The molecule has 2 aromatic heterocycles. The van der Waals surface area contributed by atoms with Gasteiger partial charge in [0.1, 0.15) is 0 Å². The number of pyridine rings is 1. The second kappa shape index (κ2) is 7.98. The normalized spacial score (nSPS) is 17.1. The number of carbonyl (C=O) groups excluding carboxylic acids is 1. The van der Waals surface area contributed by atoms with Gasteiger partial charge in [0, 0.05) is 35.7 Å². The van der Waals surface area contributed by atoms with Gasteiger partial charge in [-0.3, -0.25) is 20.3 Å². The fourth-order valence-electron chi connectivity index (χ4n) is 5.77. The maximum Gasteiger partial charge on any atom is 0.235 e. The van der Waals surface area contributed by atoms with Crippen LogP contribution in [-0.2, 0) is 16.8 Å². The van der Waals surface area contributed by atoms with E-state index in [4.69, 9.17) is 5.84 Å². The number of amides is 1. The van der Waals surface area contributed by atoms with Crippen LogP contribution in [0.2, 0.25) is 0 Å². The van der Waals surface area contributed by atoms with Crippen molar-refractivity contribution in [2.75, 3.05) is 18.4 Å². The average molecular weight is 475 g/mol.